The highest BCUT2D eigenvalue weighted by Crippen LogP contribution is 2.22. The summed E-state index contributed by atoms with van der Waals surface area (Å²) in [5, 5.41) is 0.781. The van der Waals surface area contributed by atoms with Crippen LogP contribution < -0.4 is 10.6 Å². The molecule has 1 heterocycles. The number of rotatable bonds is 5. The highest BCUT2D eigenvalue weighted by atomic mass is 35.5. The molecular formula is C15H24ClN3O. The summed E-state index contributed by atoms with van der Waals surface area (Å²) in [7, 11) is 1.73. The minimum absolute atomic E-state index is 0.0686. The number of nitrogens with two attached hydrogens (primary N) is 1. The Kier molecular flexibility index (Phi) is 5.27. The number of ether oxygens (including phenoxy) is 1. The van der Waals surface area contributed by atoms with E-state index >= 15 is 0 Å². The Morgan fingerprint density at radius 3 is 2.30 bits per heavy atom. The quantitative estimate of drug-likeness (QED) is 0.900. The molecule has 0 radical (unpaired) electrons. The van der Waals surface area contributed by atoms with Crippen molar-refractivity contribution in [2.75, 3.05) is 51.3 Å². The van der Waals surface area contributed by atoms with Crippen molar-refractivity contribution in [3.05, 3.63) is 29.3 Å². The first kappa shape index (κ1) is 15.6. The zero-order valence-corrected chi connectivity index (χ0v) is 13.1. The van der Waals surface area contributed by atoms with Gasteiger partial charge in [-0.25, -0.2) is 0 Å². The molecule has 0 spiro atoms. The standard InChI is InChI=1S/C15H24ClN3O/c1-15(11-17,12-20-2)19-9-7-18(8-10-19)14-5-3-13(16)4-6-14/h3-6H,7-12,17H2,1-2H3. The zero-order valence-electron chi connectivity index (χ0n) is 12.3. The Morgan fingerprint density at radius 2 is 1.80 bits per heavy atom. The maximum Gasteiger partial charge on any atom is 0.0656 e. The SMILES string of the molecule is COCC(C)(CN)N1CCN(c2ccc(Cl)cc2)CC1. The van der Waals surface area contributed by atoms with Gasteiger partial charge in [-0.15, -0.1) is 0 Å². The number of methoxy groups -OCH3 is 1. The molecule has 0 amide bonds. The van der Waals surface area contributed by atoms with Gasteiger partial charge in [0.05, 0.1) is 12.1 Å². The van der Waals surface area contributed by atoms with Gasteiger partial charge in [-0.2, -0.15) is 0 Å². The van der Waals surface area contributed by atoms with Crippen molar-refractivity contribution in [1.82, 2.24) is 4.90 Å². The van der Waals surface area contributed by atoms with Crippen LogP contribution in [0.1, 0.15) is 6.92 Å². The number of piperazine rings is 1. The van der Waals surface area contributed by atoms with E-state index in [9.17, 15) is 0 Å². The van der Waals surface area contributed by atoms with Crippen molar-refractivity contribution in [2.24, 2.45) is 5.73 Å². The molecule has 0 aliphatic carbocycles. The predicted octanol–water partition coefficient (Wildman–Crippen LogP) is 1.83. The molecule has 1 aromatic carbocycles. The first-order chi connectivity index (χ1) is 9.59. The van der Waals surface area contributed by atoms with Gasteiger partial charge in [0.15, 0.2) is 0 Å². The van der Waals surface area contributed by atoms with Crippen molar-refractivity contribution in [1.29, 1.82) is 0 Å². The topological polar surface area (TPSA) is 41.7 Å². The van der Waals surface area contributed by atoms with Crippen LogP contribution in [0.3, 0.4) is 0 Å². The number of benzene rings is 1. The fourth-order valence-electron chi connectivity index (χ4n) is 2.75. The maximum absolute atomic E-state index is 5.94. The highest BCUT2D eigenvalue weighted by Gasteiger charge is 2.32. The number of hydrogen-bond donors (Lipinski definition) is 1. The van der Waals surface area contributed by atoms with Gasteiger partial charge >= 0.3 is 0 Å². The van der Waals surface area contributed by atoms with Crippen LogP contribution in [0, 0.1) is 0 Å². The summed E-state index contributed by atoms with van der Waals surface area (Å²) in [6.07, 6.45) is 0. The van der Waals surface area contributed by atoms with Gasteiger partial charge in [0.25, 0.3) is 0 Å². The minimum Gasteiger partial charge on any atom is -0.383 e. The first-order valence-electron chi connectivity index (χ1n) is 7.03. The lowest BCUT2D eigenvalue weighted by molar-refractivity contribution is 0.0236. The van der Waals surface area contributed by atoms with E-state index in [1.165, 1.54) is 5.69 Å². The second kappa shape index (κ2) is 6.76. The Labute approximate surface area is 126 Å². The summed E-state index contributed by atoms with van der Waals surface area (Å²) in [6, 6.07) is 8.04. The number of hydrogen-bond acceptors (Lipinski definition) is 4. The van der Waals surface area contributed by atoms with Crippen molar-refractivity contribution in [2.45, 2.75) is 12.5 Å². The van der Waals surface area contributed by atoms with Gasteiger partial charge in [-0.3, -0.25) is 4.90 Å². The maximum atomic E-state index is 5.94. The zero-order chi connectivity index (χ0) is 14.6. The second-order valence-electron chi connectivity index (χ2n) is 5.58. The molecular weight excluding hydrogens is 274 g/mol. The molecule has 5 heteroatoms. The molecule has 20 heavy (non-hydrogen) atoms. The van der Waals surface area contributed by atoms with Gasteiger partial charge in [0.2, 0.25) is 0 Å². The Bertz CT molecular complexity index is 418. The average Bonchev–Trinajstić information content (AvgIpc) is 2.48. The number of nitrogens with zero attached hydrogens (tertiary/aromatic N) is 2. The Balaban J connectivity index is 1.96. The lowest BCUT2D eigenvalue weighted by Crippen LogP contribution is -2.60. The molecule has 1 unspecified atom stereocenters. The molecule has 4 nitrogen and oxygen atoms in total. The smallest absolute Gasteiger partial charge is 0.0656 e. The summed E-state index contributed by atoms with van der Waals surface area (Å²) in [4.78, 5) is 4.82. The summed E-state index contributed by atoms with van der Waals surface area (Å²) >= 11 is 5.93. The van der Waals surface area contributed by atoms with E-state index < -0.39 is 0 Å². The Hall–Kier alpha value is -0.810. The summed E-state index contributed by atoms with van der Waals surface area (Å²) in [5.74, 6) is 0. The van der Waals surface area contributed by atoms with Crippen molar-refractivity contribution in [3.63, 3.8) is 0 Å². The molecule has 1 aromatic rings. The molecule has 2 N–H and O–H groups in total. The van der Waals surface area contributed by atoms with Gasteiger partial charge in [-0.05, 0) is 31.2 Å². The van der Waals surface area contributed by atoms with Gasteiger partial charge in [0.1, 0.15) is 0 Å². The van der Waals surface area contributed by atoms with Crippen LogP contribution in [0.2, 0.25) is 5.02 Å². The van der Waals surface area contributed by atoms with Crippen LogP contribution in [0.5, 0.6) is 0 Å². The van der Waals surface area contributed by atoms with Crippen molar-refractivity contribution < 1.29 is 4.74 Å². The fraction of sp³-hybridized carbons (Fsp3) is 0.600. The van der Waals surface area contributed by atoms with Crippen molar-refractivity contribution in [3.8, 4) is 0 Å². The first-order valence-corrected chi connectivity index (χ1v) is 7.41. The van der Waals surface area contributed by atoms with E-state index in [1.54, 1.807) is 7.11 Å². The molecule has 112 valence electrons. The van der Waals surface area contributed by atoms with Gasteiger partial charge in [0, 0.05) is 50.5 Å². The van der Waals surface area contributed by atoms with Crippen LogP contribution >= 0.6 is 11.6 Å². The van der Waals surface area contributed by atoms with E-state index in [0.29, 0.717) is 13.2 Å². The molecule has 1 aliphatic heterocycles. The van der Waals surface area contributed by atoms with E-state index in [0.717, 1.165) is 31.2 Å². The van der Waals surface area contributed by atoms with Crippen LogP contribution in [-0.2, 0) is 4.74 Å². The van der Waals surface area contributed by atoms with E-state index in [-0.39, 0.29) is 5.54 Å². The van der Waals surface area contributed by atoms with Crippen LogP contribution in [0.15, 0.2) is 24.3 Å². The molecule has 1 fully saturated rings. The molecule has 1 saturated heterocycles. The number of anilines is 1. The third-order valence-corrected chi connectivity index (χ3v) is 4.38. The third kappa shape index (κ3) is 3.44. The number of halogens is 1. The van der Waals surface area contributed by atoms with Gasteiger partial charge in [-0.1, -0.05) is 11.6 Å². The summed E-state index contributed by atoms with van der Waals surface area (Å²) in [5.41, 5.74) is 7.10. The van der Waals surface area contributed by atoms with E-state index in [1.807, 2.05) is 12.1 Å². The monoisotopic (exact) mass is 297 g/mol. The minimum atomic E-state index is -0.0686. The average molecular weight is 298 g/mol. The van der Waals surface area contributed by atoms with E-state index in [2.05, 4.69) is 28.9 Å². The molecule has 0 saturated carbocycles. The molecule has 1 atom stereocenters. The van der Waals surface area contributed by atoms with Gasteiger partial charge < -0.3 is 15.4 Å². The lowest BCUT2D eigenvalue weighted by atomic mass is 10.00. The fourth-order valence-corrected chi connectivity index (χ4v) is 2.87. The van der Waals surface area contributed by atoms with E-state index in [4.69, 9.17) is 22.1 Å². The largest absolute Gasteiger partial charge is 0.383 e. The molecule has 2 rings (SSSR count). The van der Waals surface area contributed by atoms with Crippen LogP contribution in [0.4, 0.5) is 5.69 Å². The van der Waals surface area contributed by atoms with Crippen LogP contribution in [0.25, 0.3) is 0 Å². The predicted molar refractivity (Wildman–Crippen MR) is 84.6 cm³/mol. The van der Waals surface area contributed by atoms with Crippen molar-refractivity contribution >= 4 is 17.3 Å². The third-order valence-electron chi connectivity index (χ3n) is 4.13. The lowest BCUT2D eigenvalue weighted by Gasteiger charge is -2.45. The molecule has 0 bridgehead atoms. The molecule has 0 aromatic heterocycles. The normalized spacial score (nSPS) is 19.9. The second-order valence-corrected chi connectivity index (χ2v) is 6.02. The Morgan fingerprint density at radius 1 is 1.20 bits per heavy atom. The summed E-state index contributed by atoms with van der Waals surface area (Å²) in [6.45, 7) is 7.46. The van der Waals surface area contributed by atoms with Crippen LogP contribution in [-0.4, -0.2) is 56.9 Å². The molecule has 1 aliphatic rings. The summed E-state index contributed by atoms with van der Waals surface area (Å²) < 4.78 is 5.33. The highest BCUT2D eigenvalue weighted by molar-refractivity contribution is 6.30.